The fourth-order valence-electron chi connectivity index (χ4n) is 2.26. The molecule has 8 heteroatoms. The molecule has 1 aliphatic heterocycles. The zero-order valence-electron chi connectivity index (χ0n) is 11.4. The molecular weight excluding hydrogens is 294 g/mol. The van der Waals surface area contributed by atoms with Gasteiger partial charge in [-0.15, -0.1) is 0 Å². The van der Waals surface area contributed by atoms with E-state index in [4.69, 9.17) is 17.0 Å². The van der Waals surface area contributed by atoms with Crippen LogP contribution in [0, 0.1) is 16.0 Å². The van der Waals surface area contributed by atoms with Crippen molar-refractivity contribution in [3.63, 3.8) is 0 Å². The number of rotatable bonds is 3. The number of esters is 1. The highest BCUT2D eigenvalue weighted by Crippen LogP contribution is 2.29. The molecule has 1 N–H and O–H groups in total. The SMILES string of the molecule is COC(=O)C1C(C)=NC(=S)NC1c1cccc([N+](=O)[O-])c1. The van der Waals surface area contributed by atoms with Crippen LogP contribution in [0.25, 0.3) is 0 Å². The van der Waals surface area contributed by atoms with Crippen LogP contribution < -0.4 is 5.32 Å². The van der Waals surface area contributed by atoms with E-state index in [9.17, 15) is 14.9 Å². The number of carbonyl (C=O) groups is 1. The molecule has 2 rings (SSSR count). The van der Waals surface area contributed by atoms with Crippen LogP contribution in [0.15, 0.2) is 29.3 Å². The molecule has 1 aliphatic rings. The summed E-state index contributed by atoms with van der Waals surface area (Å²) in [4.78, 5) is 26.4. The van der Waals surface area contributed by atoms with Crippen molar-refractivity contribution < 1.29 is 14.5 Å². The molecule has 0 saturated carbocycles. The fourth-order valence-corrected chi connectivity index (χ4v) is 2.53. The summed E-state index contributed by atoms with van der Waals surface area (Å²) in [7, 11) is 1.28. The number of carbonyl (C=O) groups excluding carboxylic acids is 1. The van der Waals surface area contributed by atoms with Crippen LogP contribution in [-0.4, -0.2) is 28.8 Å². The van der Waals surface area contributed by atoms with Crippen molar-refractivity contribution in [1.29, 1.82) is 0 Å². The van der Waals surface area contributed by atoms with Gasteiger partial charge in [0, 0.05) is 17.8 Å². The van der Waals surface area contributed by atoms with Crippen molar-refractivity contribution >= 4 is 34.7 Å². The van der Waals surface area contributed by atoms with Crippen molar-refractivity contribution in [3.8, 4) is 0 Å². The molecule has 0 aromatic heterocycles. The number of hydrogen-bond acceptors (Lipinski definition) is 5. The molecule has 0 radical (unpaired) electrons. The van der Waals surface area contributed by atoms with E-state index < -0.39 is 22.9 Å². The molecular formula is C13H13N3O4S. The third-order valence-corrected chi connectivity index (χ3v) is 3.44. The van der Waals surface area contributed by atoms with Gasteiger partial charge in [-0.2, -0.15) is 0 Å². The standard InChI is InChI=1S/C13H13N3O4S/c1-7-10(12(17)20-2)11(15-13(21)14-7)8-4-3-5-9(6-8)16(18)19/h3-6,10-11H,1-2H3,(H,15,21). The maximum atomic E-state index is 12.0. The summed E-state index contributed by atoms with van der Waals surface area (Å²) in [5.41, 5.74) is 1.04. The normalized spacial score (nSPS) is 21.2. The highest BCUT2D eigenvalue weighted by Gasteiger charge is 2.37. The number of thiocarbonyl (C=S) groups is 1. The summed E-state index contributed by atoms with van der Waals surface area (Å²) >= 11 is 5.04. The topological polar surface area (TPSA) is 93.8 Å². The van der Waals surface area contributed by atoms with Crippen molar-refractivity contribution in [2.24, 2.45) is 10.9 Å². The molecule has 1 heterocycles. The molecule has 0 spiro atoms. The molecule has 2 atom stereocenters. The summed E-state index contributed by atoms with van der Waals surface area (Å²) in [5, 5.41) is 14.0. The van der Waals surface area contributed by atoms with Crippen molar-refractivity contribution in [2.45, 2.75) is 13.0 Å². The first-order chi connectivity index (χ1) is 9.93. The predicted molar refractivity (Wildman–Crippen MR) is 80.2 cm³/mol. The van der Waals surface area contributed by atoms with Gasteiger partial charge in [-0.05, 0) is 24.7 Å². The fraction of sp³-hybridized carbons (Fsp3) is 0.308. The summed E-state index contributed by atoms with van der Waals surface area (Å²) in [6, 6.07) is 5.52. The highest BCUT2D eigenvalue weighted by molar-refractivity contribution is 7.80. The first-order valence-electron chi connectivity index (χ1n) is 6.12. The van der Waals surface area contributed by atoms with Crippen molar-refractivity contribution in [2.75, 3.05) is 7.11 Å². The first-order valence-corrected chi connectivity index (χ1v) is 6.52. The molecule has 2 unspecified atom stereocenters. The van der Waals surface area contributed by atoms with Crippen LogP contribution in [0.5, 0.6) is 0 Å². The molecule has 0 amide bonds. The Balaban J connectivity index is 2.46. The van der Waals surface area contributed by atoms with E-state index in [0.29, 0.717) is 11.3 Å². The number of benzene rings is 1. The Morgan fingerprint density at radius 3 is 2.86 bits per heavy atom. The molecule has 0 bridgehead atoms. The maximum absolute atomic E-state index is 12.0. The Morgan fingerprint density at radius 1 is 1.52 bits per heavy atom. The van der Waals surface area contributed by atoms with Crippen molar-refractivity contribution in [1.82, 2.24) is 5.32 Å². The number of nitrogens with zero attached hydrogens (tertiary/aromatic N) is 2. The lowest BCUT2D eigenvalue weighted by molar-refractivity contribution is -0.384. The van der Waals surface area contributed by atoms with Gasteiger partial charge < -0.3 is 10.1 Å². The second-order valence-corrected chi connectivity index (χ2v) is 4.92. The van der Waals surface area contributed by atoms with Gasteiger partial charge in [0.05, 0.1) is 18.1 Å². The van der Waals surface area contributed by atoms with Gasteiger partial charge in [-0.3, -0.25) is 14.9 Å². The zero-order valence-corrected chi connectivity index (χ0v) is 12.2. The Kier molecular flexibility index (Phi) is 4.27. The average Bonchev–Trinajstić information content (AvgIpc) is 2.45. The Bertz CT molecular complexity index is 644. The van der Waals surface area contributed by atoms with Gasteiger partial charge in [-0.1, -0.05) is 12.1 Å². The minimum absolute atomic E-state index is 0.0519. The lowest BCUT2D eigenvalue weighted by Crippen LogP contribution is -2.44. The highest BCUT2D eigenvalue weighted by atomic mass is 32.1. The average molecular weight is 307 g/mol. The van der Waals surface area contributed by atoms with Gasteiger partial charge in [0.25, 0.3) is 5.69 Å². The van der Waals surface area contributed by atoms with Crippen molar-refractivity contribution in [3.05, 3.63) is 39.9 Å². The number of non-ortho nitro benzene ring substituents is 1. The second kappa shape index (κ2) is 5.96. The summed E-state index contributed by atoms with van der Waals surface area (Å²) in [6.45, 7) is 1.68. The maximum Gasteiger partial charge on any atom is 0.316 e. The van der Waals surface area contributed by atoms with Gasteiger partial charge >= 0.3 is 5.97 Å². The van der Waals surface area contributed by atoms with E-state index in [1.54, 1.807) is 19.1 Å². The Morgan fingerprint density at radius 2 is 2.24 bits per heavy atom. The van der Waals surface area contributed by atoms with Crippen LogP contribution in [-0.2, 0) is 9.53 Å². The van der Waals surface area contributed by atoms with E-state index in [-0.39, 0.29) is 10.8 Å². The molecule has 110 valence electrons. The van der Waals surface area contributed by atoms with Crippen LogP contribution in [0.2, 0.25) is 0 Å². The molecule has 1 aromatic carbocycles. The third kappa shape index (κ3) is 3.05. The summed E-state index contributed by atoms with van der Waals surface area (Å²) in [5.74, 6) is -1.15. The van der Waals surface area contributed by atoms with E-state index in [1.165, 1.54) is 19.2 Å². The van der Waals surface area contributed by atoms with E-state index in [0.717, 1.165) is 0 Å². The summed E-state index contributed by atoms with van der Waals surface area (Å²) in [6.07, 6.45) is 0. The number of aliphatic imine (C=N–C) groups is 1. The molecule has 0 fully saturated rings. The first kappa shape index (κ1) is 15.0. The summed E-state index contributed by atoms with van der Waals surface area (Å²) < 4.78 is 4.79. The second-order valence-electron chi connectivity index (χ2n) is 4.53. The smallest absolute Gasteiger partial charge is 0.316 e. The monoisotopic (exact) mass is 307 g/mol. The number of hydrogen-bond donors (Lipinski definition) is 1. The Labute approximate surface area is 126 Å². The van der Waals surface area contributed by atoms with E-state index >= 15 is 0 Å². The molecule has 7 nitrogen and oxygen atoms in total. The number of ether oxygens (including phenoxy) is 1. The minimum atomic E-state index is -0.677. The van der Waals surface area contributed by atoms with Crippen LogP contribution in [0.4, 0.5) is 5.69 Å². The van der Waals surface area contributed by atoms with Gasteiger partial charge in [0.15, 0.2) is 5.11 Å². The quantitative estimate of drug-likeness (QED) is 0.396. The van der Waals surface area contributed by atoms with Crippen LogP contribution in [0.3, 0.4) is 0 Å². The number of nitrogens with one attached hydrogen (secondary N) is 1. The number of nitro groups is 1. The van der Waals surface area contributed by atoms with Gasteiger partial charge in [0.1, 0.15) is 5.92 Å². The molecule has 1 aromatic rings. The molecule has 0 aliphatic carbocycles. The lowest BCUT2D eigenvalue weighted by atomic mass is 9.88. The number of methoxy groups -OCH3 is 1. The predicted octanol–water partition coefficient (Wildman–Crippen LogP) is 1.77. The van der Waals surface area contributed by atoms with Gasteiger partial charge in [-0.25, -0.2) is 4.99 Å². The lowest BCUT2D eigenvalue weighted by Gasteiger charge is -2.30. The zero-order chi connectivity index (χ0) is 15.6. The van der Waals surface area contributed by atoms with Crippen LogP contribution >= 0.6 is 12.2 Å². The molecule has 21 heavy (non-hydrogen) atoms. The van der Waals surface area contributed by atoms with Gasteiger partial charge in [0.2, 0.25) is 0 Å². The third-order valence-electron chi connectivity index (χ3n) is 3.24. The number of nitro benzene ring substituents is 1. The largest absolute Gasteiger partial charge is 0.468 e. The Hall–Kier alpha value is -2.35. The van der Waals surface area contributed by atoms with Crippen LogP contribution in [0.1, 0.15) is 18.5 Å². The van der Waals surface area contributed by atoms with E-state index in [2.05, 4.69) is 10.3 Å². The molecule has 0 saturated heterocycles. The van der Waals surface area contributed by atoms with E-state index in [1.807, 2.05) is 0 Å². The minimum Gasteiger partial charge on any atom is -0.468 e.